The molecule has 1 aliphatic heterocycles. The molecule has 2 unspecified atom stereocenters. The molecule has 0 radical (unpaired) electrons. The van der Waals surface area contributed by atoms with Gasteiger partial charge in [0.1, 0.15) is 0 Å². The van der Waals surface area contributed by atoms with E-state index in [1.807, 2.05) is 6.92 Å². The van der Waals surface area contributed by atoms with E-state index in [0.29, 0.717) is 17.7 Å². The van der Waals surface area contributed by atoms with Gasteiger partial charge >= 0.3 is 12.1 Å². The summed E-state index contributed by atoms with van der Waals surface area (Å²) in [6.07, 6.45) is 2.47. The zero-order valence-electron chi connectivity index (χ0n) is 12.6. The van der Waals surface area contributed by atoms with Crippen LogP contribution in [0.25, 0.3) is 0 Å². The van der Waals surface area contributed by atoms with Crippen molar-refractivity contribution in [3.05, 3.63) is 12.7 Å². The molecular weight excluding hydrogens is 274 g/mol. The van der Waals surface area contributed by atoms with Crippen molar-refractivity contribution in [1.29, 1.82) is 0 Å². The first-order chi connectivity index (χ1) is 9.94. The summed E-state index contributed by atoms with van der Waals surface area (Å²) in [5.74, 6) is -1.70. The molecule has 1 heterocycles. The molecule has 1 aliphatic rings. The predicted molar refractivity (Wildman–Crippen MR) is 76.7 cm³/mol. The van der Waals surface area contributed by atoms with Gasteiger partial charge in [-0.15, -0.1) is 6.58 Å². The zero-order chi connectivity index (χ0) is 16.0. The molecular formula is C15H23NO5. The van der Waals surface area contributed by atoms with Gasteiger partial charge in [0, 0.05) is 5.92 Å². The third kappa shape index (κ3) is 3.25. The number of carbonyl (C=O) groups excluding carboxylic acids is 2. The molecule has 0 aromatic rings. The lowest BCUT2D eigenvalue weighted by Crippen LogP contribution is -2.54. The number of rotatable bonds is 7. The van der Waals surface area contributed by atoms with Gasteiger partial charge < -0.3 is 9.84 Å². The van der Waals surface area contributed by atoms with Crippen molar-refractivity contribution in [3.63, 3.8) is 0 Å². The number of likely N-dealkylation sites (tertiary alicyclic amines) is 1. The summed E-state index contributed by atoms with van der Waals surface area (Å²) < 4.78 is 5.19. The molecule has 1 N–H and O–H groups in total. The van der Waals surface area contributed by atoms with Crippen LogP contribution in [0.1, 0.15) is 46.0 Å². The quantitative estimate of drug-likeness (QED) is 0.443. The van der Waals surface area contributed by atoms with Gasteiger partial charge in [-0.3, -0.25) is 4.79 Å². The van der Waals surface area contributed by atoms with E-state index in [-0.39, 0.29) is 19.4 Å². The summed E-state index contributed by atoms with van der Waals surface area (Å²) in [4.78, 5) is 36.7. The highest BCUT2D eigenvalue weighted by Gasteiger charge is 2.58. The summed E-state index contributed by atoms with van der Waals surface area (Å²) in [5.41, 5.74) is -1.40. The minimum Gasteiger partial charge on any atom is -0.465 e. The number of allylic oxidation sites excluding steroid dienone is 1. The van der Waals surface area contributed by atoms with Crippen molar-refractivity contribution >= 4 is 18.0 Å². The minimum absolute atomic E-state index is 0.158. The second kappa shape index (κ2) is 7.24. The van der Waals surface area contributed by atoms with Crippen LogP contribution in [0.2, 0.25) is 0 Å². The number of unbranched alkanes of at least 4 members (excludes halogenated alkanes) is 1. The van der Waals surface area contributed by atoms with Crippen LogP contribution in [0.4, 0.5) is 4.79 Å². The number of amides is 2. The Kier molecular flexibility index (Phi) is 5.93. The molecule has 0 aromatic heterocycles. The van der Waals surface area contributed by atoms with E-state index in [1.54, 1.807) is 13.0 Å². The predicted octanol–water partition coefficient (Wildman–Crippen LogP) is 2.58. The maximum Gasteiger partial charge on any atom is 0.415 e. The van der Waals surface area contributed by atoms with E-state index in [1.165, 1.54) is 0 Å². The standard InChI is InChI=1S/C15H23NO5/c1-4-7-9-21-13(18)15(6-3)10-11(8-5-2)12(17)16(15)14(19)20/h5,11H,2,4,6-10H2,1,3H3,(H,19,20). The molecule has 0 spiro atoms. The Labute approximate surface area is 124 Å². The third-order valence-corrected chi connectivity index (χ3v) is 3.92. The summed E-state index contributed by atoms with van der Waals surface area (Å²) in [6, 6.07) is 0. The highest BCUT2D eigenvalue weighted by atomic mass is 16.5. The van der Waals surface area contributed by atoms with Gasteiger partial charge in [-0.25, -0.2) is 14.5 Å². The van der Waals surface area contributed by atoms with Crippen molar-refractivity contribution in [2.45, 2.75) is 51.5 Å². The van der Waals surface area contributed by atoms with E-state index < -0.39 is 29.4 Å². The van der Waals surface area contributed by atoms with Gasteiger partial charge in [0.05, 0.1) is 6.61 Å². The van der Waals surface area contributed by atoms with Crippen LogP contribution < -0.4 is 0 Å². The number of carbonyl (C=O) groups is 3. The Hall–Kier alpha value is -1.85. The number of nitrogens with zero attached hydrogens (tertiary/aromatic N) is 1. The first kappa shape index (κ1) is 17.2. The molecule has 6 heteroatoms. The van der Waals surface area contributed by atoms with Crippen LogP contribution in [-0.2, 0) is 14.3 Å². The molecule has 0 bridgehead atoms. The molecule has 1 saturated heterocycles. The summed E-state index contributed by atoms with van der Waals surface area (Å²) in [6.45, 7) is 7.47. The van der Waals surface area contributed by atoms with Crippen LogP contribution in [0.15, 0.2) is 12.7 Å². The smallest absolute Gasteiger partial charge is 0.415 e. The SMILES string of the molecule is C=CCC1CC(CC)(C(=O)OCCCC)N(C(=O)O)C1=O. The fourth-order valence-corrected chi connectivity index (χ4v) is 2.71. The highest BCUT2D eigenvalue weighted by Crippen LogP contribution is 2.39. The van der Waals surface area contributed by atoms with E-state index in [0.717, 1.165) is 6.42 Å². The molecule has 118 valence electrons. The van der Waals surface area contributed by atoms with E-state index >= 15 is 0 Å². The van der Waals surface area contributed by atoms with E-state index in [4.69, 9.17) is 4.74 Å². The minimum atomic E-state index is -1.40. The van der Waals surface area contributed by atoms with Gasteiger partial charge in [0.25, 0.3) is 0 Å². The number of imide groups is 1. The lowest BCUT2D eigenvalue weighted by molar-refractivity contribution is -0.158. The molecule has 2 atom stereocenters. The normalized spacial score (nSPS) is 25.0. The molecule has 6 nitrogen and oxygen atoms in total. The van der Waals surface area contributed by atoms with Crippen molar-refractivity contribution in [3.8, 4) is 0 Å². The maximum absolute atomic E-state index is 12.4. The second-order valence-electron chi connectivity index (χ2n) is 5.26. The Morgan fingerprint density at radius 1 is 1.52 bits per heavy atom. The van der Waals surface area contributed by atoms with Gasteiger partial charge in [-0.1, -0.05) is 26.3 Å². The number of esters is 1. The van der Waals surface area contributed by atoms with Crippen molar-refractivity contribution in [2.75, 3.05) is 6.61 Å². The molecule has 0 aromatic carbocycles. The Morgan fingerprint density at radius 2 is 2.19 bits per heavy atom. The summed E-state index contributed by atoms with van der Waals surface area (Å²) in [7, 11) is 0. The largest absolute Gasteiger partial charge is 0.465 e. The Bertz CT molecular complexity index is 434. The summed E-state index contributed by atoms with van der Waals surface area (Å²) >= 11 is 0. The topological polar surface area (TPSA) is 83.9 Å². The summed E-state index contributed by atoms with van der Waals surface area (Å²) in [5, 5.41) is 9.33. The van der Waals surface area contributed by atoms with Crippen LogP contribution in [-0.4, -0.2) is 40.1 Å². The lowest BCUT2D eigenvalue weighted by Gasteiger charge is -2.31. The zero-order valence-corrected chi connectivity index (χ0v) is 12.6. The van der Waals surface area contributed by atoms with Gasteiger partial charge in [0.15, 0.2) is 5.54 Å². The van der Waals surface area contributed by atoms with Crippen LogP contribution in [0.5, 0.6) is 0 Å². The first-order valence-electron chi connectivity index (χ1n) is 7.29. The number of hydrogen-bond acceptors (Lipinski definition) is 4. The molecule has 0 aliphatic carbocycles. The van der Waals surface area contributed by atoms with Gasteiger partial charge in [-0.2, -0.15) is 0 Å². The average molecular weight is 297 g/mol. The van der Waals surface area contributed by atoms with Crippen LogP contribution in [0.3, 0.4) is 0 Å². The molecule has 0 saturated carbocycles. The fraction of sp³-hybridized carbons (Fsp3) is 0.667. The van der Waals surface area contributed by atoms with Crippen LogP contribution >= 0.6 is 0 Å². The molecule has 21 heavy (non-hydrogen) atoms. The fourth-order valence-electron chi connectivity index (χ4n) is 2.71. The van der Waals surface area contributed by atoms with Gasteiger partial charge in [0.2, 0.25) is 5.91 Å². The van der Waals surface area contributed by atoms with E-state index in [2.05, 4.69) is 6.58 Å². The van der Waals surface area contributed by atoms with E-state index in [9.17, 15) is 19.5 Å². The molecule has 1 fully saturated rings. The molecule has 1 rings (SSSR count). The average Bonchev–Trinajstić information content (AvgIpc) is 2.73. The monoisotopic (exact) mass is 297 g/mol. The van der Waals surface area contributed by atoms with Gasteiger partial charge in [-0.05, 0) is 25.7 Å². The number of hydrogen-bond donors (Lipinski definition) is 1. The third-order valence-electron chi connectivity index (χ3n) is 3.92. The van der Waals surface area contributed by atoms with Crippen LogP contribution in [0, 0.1) is 5.92 Å². The second-order valence-corrected chi connectivity index (χ2v) is 5.26. The van der Waals surface area contributed by atoms with Crippen molar-refractivity contribution in [1.82, 2.24) is 4.90 Å². The number of carboxylic acid groups (broad SMARTS) is 1. The Balaban J connectivity index is 3.04. The lowest BCUT2D eigenvalue weighted by atomic mass is 9.88. The maximum atomic E-state index is 12.4. The molecule has 2 amide bonds. The first-order valence-corrected chi connectivity index (χ1v) is 7.29. The highest BCUT2D eigenvalue weighted by molar-refractivity contribution is 6.02. The number of ether oxygens (including phenoxy) is 1. The Morgan fingerprint density at radius 3 is 2.67 bits per heavy atom. The van der Waals surface area contributed by atoms with Crippen molar-refractivity contribution in [2.24, 2.45) is 5.92 Å². The van der Waals surface area contributed by atoms with Crippen molar-refractivity contribution < 1.29 is 24.2 Å².